The number of hydrogen-bond donors (Lipinski definition) is 1. The largest absolute Gasteiger partial charge is 0.465 e. The average Bonchev–Trinajstić information content (AvgIpc) is 2.83. The molecule has 100 valence electrons. The normalized spacial score (nSPS) is 11.3. The van der Waals surface area contributed by atoms with Crippen molar-refractivity contribution in [2.24, 2.45) is 5.92 Å². The monoisotopic (exact) mass is 251 g/mol. The van der Waals surface area contributed by atoms with Crippen LogP contribution in [0.3, 0.4) is 0 Å². The van der Waals surface area contributed by atoms with Crippen molar-refractivity contribution in [2.75, 3.05) is 19.8 Å². The van der Waals surface area contributed by atoms with Crippen LogP contribution in [-0.4, -0.2) is 25.7 Å². The van der Waals surface area contributed by atoms with Crippen LogP contribution in [0.25, 0.3) is 6.08 Å². The van der Waals surface area contributed by atoms with E-state index in [2.05, 4.69) is 19.2 Å². The smallest absolute Gasteiger partial charge is 0.244 e. The van der Waals surface area contributed by atoms with Crippen molar-refractivity contribution in [1.82, 2.24) is 5.32 Å². The van der Waals surface area contributed by atoms with Gasteiger partial charge in [-0.25, -0.2) is 0 Å². The maximum absolute atomic E-state index is 11.4. The maximum Gasteiger partial charge on any atom is 0.244 e. The Morgan fingerprint density at radius 2 is 2.39 bits per heavy atom. The van der Waals surface area contributed by atoms with Crippen LogP contribution in [0.2, 0.25) is 0 Å². The van der Waals surface area contributed by atoms with Crippen molar-refractivity contribution < 1.29 is 13.9 Å². The van der Waals surface area contributed by atoms with Crippen LogP contribution < -0.4 is 5.32 Å². The molecule has 0 aliphatic rings. The summed E-state index contributed by atoms with van der Waals surface area (Å²) >= 11 is 0. The predicted molar refractivity (Wildman–Crippen MR) is 71.0 cm³/mol. The minimum atomic E-state index is -0.116. The molecule has 1 aromatic heterocycles. The van der Waals surface area contributed by atoms with E-state index >= 15 is 0 Å². The molecule has 1 N–H and O–H groups in total. The fourth-order valence-electron chi connectivity index (χ4n) is 1.31. The molecule has 0 spiro atoms. The molecule has 0 unspecified atom stereocenters. The first-order chi connectivity index (χ1) is 8.68. The standard InChI is InChI=1S/C14H21NO3/c1-12(2)11-17-9-4-8-15-14(16)7-6-13-5-3-10-18-13/h3,5-7,10,12H,4,8-9,11H2,1-2H3,(H,15,16)/b7-6+. The van der Waals surface area contributed by atoms with E-state index in [0.717, 1.165) is 13.0 Å². The lowest BCUT2D eigenvalue weighted by atomic mass is 10.2. The Morgan fingerprint density at radius 1 is 1.56 bits per heavy atom. The fourth-order valence-corrected chi connectivity index (χ4v) is 1.31. The minimum absolute atomic E-state index is 0.116. The number of carbonyl (C=O) groups is 1. The summed E-state index contributed by atoms with van der Waals surface area (Å²) in [7, 11) is 0. The zero-order valence-corrected chi connectivity index (χ0v) is 11.0. The van der Waals surface area contributed by atoms with Gasteiger partial charge in [-0.15, -0.1) is 0 Å². The molecule has 1 aromatic rings. The lowest BCUT2D eigenvalue weighted by Gasteiger charge is -2.06. The summed E-state index contributed by atoms with van der Waals surface area (Å²) in [5, 5.41) is 2.79. The predicted octanol–water partition coefficient (Wildman–Crippen LogP) is 2.47. The van der Waals surface area contributed by atoms with E-state index in [0.29, 0.717) is 24.8 Å². The third-order valence-corrected chi connectivity index (χ3v) is 2.16. The van der Waals surface area contributed by atoms with Crippen LogP contribution in [0, 0.1) is 5.92 Å². The van der Waals surface area contributed by atoms with Crippen molar-refractivity contribution in [3.8, 4) is 0 Å². The molecule has 0 radical (unpaired) electrons. The Hall–Kier alpha value is -1.55. The first-order valence-corrected chi connectivity index (χ1v) is 6.25. The first kappa shape index (κ1) is 14.5. The number of hydrogen-bond acceptors (Lipinski definition) is 3. The molecule has 0 aliphatic carbocycles. The number of ether oxygens (including phenoxy) is 1. The highest BCUT2D eigenvalue weighted by Gasteiger charge is 1.97. The number of furan rings is 1. The summed E-state index contributed by atoms with van der Waals surface area (Å²) in [4.78, 5) is 11.4. The van der Waals surface area contributed by atoms with E-state index in [-0.39, 0.29) is 5.91 Å². The van der Waals surface area contributed by atoms with Gasteiger partial charge in [0.1, 0.15) is 5.76 Å². The molecular weight excluding hydrogens is 230 g/mol. The summed E-state index contributed by atoms with van der Waals surface area (Å²) in [6.45, 7) is 6.30. The summed E-state index contributed by atoms with van der Waals surface area (Å²) in [5.41, 5.74) is 0. The molecule has 1 rings (SSSR count). The van der Waals surface area contributed by atoms with Gasteiger partial charge in [0.2, 0.25) is 5.91 Å². The quantitative estimate of drug-likeness (QED) is 0.570. The SMILES string of the molecule is CC(C)COCCCNC(=O)/C=C/c1ccco1. The Morgan fingerprint density at radius 3 is 3.06 bits per heavy atom. The van der Waals surface area contributed by atoms with Crippen molar-refractivity contribution in [3.63, 3.8) is 0 Å². The van der Waals surface area contributed by atoms with Crippen LogP contribution >= 0.6 is 0 Å². The Labute approximate surface area is 108 Å². The zero-order chi connectivity index (χ0) is 13.2. The van der Waals surface area contributed by atoms with E-state index in [1.165, 1.54) is 6.08 Å². The van der Waals surface area contributed by atoms with E-state index in [4.69, 9.17) is 9.15 Å². The highest BCUT2D eigenvalue weighted by atomic mass is 16.5. The number of amides is 1. The van der Waals surface area contributed by atoms with E-state index < -0.39 is 0 Å². The van der Waals surface area contributed by atoms with Gasteiger partial charge in [0.15, 0.2) is 0 Å². The van der Waals surface area contributed by atoms with Crippen LogP contribution in [0.15, 0.2) is 28.9 Å². The molecule has 0 saturated carbocycles. The zero-order valence-electron chi connectivity index (χ0n) is 11.0. The van der Waals surface area contributed by atoms with Crippen LogP contribution in [0.4, 0.5) is 0 Å². The van der Waals surface area contributed by atoms with Gasteiger partial charge in [-0.2, -0.15) is 0 Å². The van der Waals surface area contributed by atoms with Crippen molar-refractivity contribution in [1.29, 1.82) is 0 Å². The van der Waals surface area contributed by atoms with Gasteiger partial charge in [-0.1, -0.05) is 13.8 Å². The highest BCUT2D eigenvalue weighted by molar-refractivity contribution is 5.91. The second-order valence-corrected chi connectivity index (χ2v) is 4.46. The first-order valence-electron chi connectivity index (χ1n) is 6.25. The highest BCUT2D eigenvalue weighted by Crippen LogP contribution is 2.01. The van der Waals surface area contributed by atoms with E-state index in [1.54, 1.807) is 24.5 Å². The molecule has 1 heterocycles. The molecule has 4 heteroatoms. The summed E-state index contributed by atoms with van der Waals surface area (Å²) in [6.07, 6.45) is 5.51. The molecule has 1 amide bonds. The molecular formula is C14H21NO3. The number of nitrogens with one attached hydrogen (secondary N) is 1. The molecule has 4 nitrogen and oxygen atoms in total. The second-order valence-electron chi connectivity index (χ2n) is 4.46. The topological polar surface area (TPSA) is 51.5 Å². The van der Waals surface area contributed by atoms with Gasteiger partial charge in [-0.05, 0) is 30.5 Å². The van der Waals surface area contributed by atoms with E-state index in [9.17, 15) is 4.79 Å². The van der Waals surface area contributed by atoms with Crippen LogP contribution in [0.5, 0.6) is 0 Å². The minimum Gasteiger partial charge on any atom is -0.465 e. The molecule has 0 bridgehead atoms. The lowest BCUT2D eigenvalue weighted by Crippen LogP contribution is -2.23. The second kappa shape index (κ2) is 8.53. The maximum atomic E-state index is 11.4. The Balaban J connectivity index is 2.03. The van der Waals surface area contributed by atoms with Gasteiger partial charge in [0.25, 0.3) is 0 Å². The Kier molecular flexibility index (Phi) is 6.87. The number of carbonyl (C=O) groups excluding carboxylic acids is 1. The number of rotatable bonds is 8. The molecule has 18 heavy (non-hydrogen) atoms. The average molecular weight is 251 g/mol. The summed E-state index contributed by atoms with van der Waals surface area (Å²) in [6, 6.07) is 3.58. The summed E-state index contributed by atoms with van der Waals surface area (Å²) in [5.74, 6) is 1.11. The van der Waals surface area contributed by atoms with Gasteiger partial charge in [-0.3, -0.25) is 4.79 Å². The fraction of sp³-hybridized carbons (Fsp3) is 0.500. The third-order valence-electron chi connectivity index (χ3n) is 2.16. The Bertz CT molecular complexity index is 355. The van der Waals surface area contributed by atoms with E-state index in [1.807, 2.05) is 0 Å². The molecule has 0 aliphatic heterocycles. The van der Waals surface area contributed by atoms with Crippen LogP contribution in [0.1, 0.15) is 26.0 Å². The van der Waals surface area contributed by atoms with Gasteiger partial charge < -0.3 is 14.5 Å². The molecule has 0 atom stereocenters. The molecule has 0 saturated heterocycles. The van der Waals surface area contributed by atoms with Gasteiger partial charge in [0, 0.05) is 25.8 Å². The third kappa shape index (κ3) is 6.91. The summed E-state index contributed by atoms with van der Waals surface area (Å²) < 4.78 is 10.5. The molecule has 0 aromatic carbocycles. The van der Waals surface area contributed by atoms with Crippen molar-refractivity contribution >= 4 is 12.0 Å². The van der Waals surface area contributed by atoms with Gasteiger partial charge >= 0.3 is 0 Å². The van der Waals surface area contributed by atoms with Crippen molar-refractivity contribution in [2.45, 2.75) is 20.3 Å². The van der Waals surface area contributed by atoms with Crippen LogP contribution in [-0.2, 0) is 9.53 Å². The van der Waals surface area contributed by atoms with Crippen molar-refractivity contribution in [3.05, 3.63) is 30.2 Å². The lowest BCUT2D eigenvalue weighted by molar-refractivity contribution is -0.116. The molecule has 0 fully saturated rings. The van der Waals surface area contributed by atoms with Gasteiger partial charge in [0.05, 0.1) is 6.26 Å².